The molecule has 3 N–H and O–H groups in total. The Hall–Kier alpha value is -1.55. The van der Waals surface area contributed by atoms with Crippen LogP contribution in [0.5, 0.6) is 5.75 Å². The molecule has 17 heavy (non-hydrogen) atoms. The van der Waals surface area contributed by atoms with Crippen LogP contribution in [0.25, 0.3) is 0 Å². The van der Waals surface area contributed by atoms with E-state index in [0.717, 1.165) is 11.3 Å². The predicted molar refractivity (Wildman–Crippen MR) is 66.2 cm³/mol. The van der Waals surface area contributed by atoms with Crippen LogP contribution in [-0.4, -0.2) is 24.2 Å². The lowest BCUT2D eigenvalue weighted by atomic mass is 9.74. The molecule has 4 nitrogen and oxygen atoms in total. The van der Waals surface area contributed by atoms with Gasteiger partial charge in [0, 0.05) is 11.5 Å². The Labute approximate surface area is 101 Å². The number of hydrogen-bond acceptors (Lipinski definition) is 3. The molecular formula is C13H19NO3. The molecule has 1 aromatic carbocycles. The number of carboxylic acid groups (broad SMARTS) is 1. The maximum atomic E-state index is 10.9. The van der Waals surface area contributed by atoms with Crippen molar-refractivity contribution in [1.82, 2.24) is 0 Å². The van der Waals surface area contributed by atoms with Gasteiger partial charge in [0.1, 0.15) is 5.75 Å². The van der Waals surface area contributed by atoms with E-state index in [1.807, 2.05) is 38.1 Å². The van der Waals surface area contributed by atoms with Gasteiger partial charge in [-0.25, -0.2) is 0 Å². The first kappa shape index (κ1) is 13.5. The second-order valence-corrected chi connectivity index (χ2v) is 4.51. The van der Waals surface area contributed by atoms with E-state index >= 15 is 0 Å². The summed E-state index contributed by atoms with van der Waals surface area (Å²) in [6.07, 6.45) is 0.0109. The van der Waals surface area contributed by atoms with Gasteiger partial charge >= 0.3 is 5.97 Å². The molecule has 0 amide bonds. The van der Waals surface area contributed by atoms with Crippen LogP contribution < -0.4 is 10.5 Å². The zero-order valence-electron chi connectivity index (χ0n) is 10.4. The molecule has 0 aliphatic rings. The van der Waals surface area contributed by atoms with E-state index in [0.29, 0.717) is 0 Å². The van der Waals surface area contributed by atoms with E-state index in [4.69, 9.17) is 15.6 Å². The minimum absolute atomic E-state index is 0.0109. The molecule has 0 saturated carbocycles. The largest absolute Gasteiger partial charge is 0.497 e. The maximum Gasteiger partial charge on any atom is 0.304 e. The van der Waals surface area contributed by atoms with Gasteiger partial charge in [-0.3, -0.25) is 4.79 Å². The van der Waals surface area contributed by atoms with E-state index in [-0.39, 0.29) is 12.5 Å². The van der Waals surface area contributed by atoms with Crippen molar-refractivity contribution in [3.63, 3.8) is 0 Å². The standard InChI is InChI=1S/C13H19NO3/c1-9(14)13(2,8-12(15)16)10-4-6-11(17-3)7-5-10/h4-7,9H,8,14H2,1-3H3,(H,15,16). The predicted octanol–water partition coefficient (Wildman–Crippen LogP) is 1.77. The topological polar surface area (TPSA) is 72.5 Å². The molecule has 0 aromatic heterocycles. The summed E-state index contributed by atoms with van der Waals surface area (Å²) in [4.78, 5) is 10.9. The minimum Gasteiger partial charge on any atom is -0.497 e. The van der Waals surface area contributed by atoms with E-state index in [1.165, 1.54) is 0 Å². The molecule has 94 valence electrons. The lowest BCUT2D eigenvalue weighted by Crippen LogP contribution is -2.42. The highest BCUT2D eigenvalue weighted by atomic mass is 16.5. The number of methoxy groups -OCH3 is 1. The first-order chi connectivity index (χ1) is 7.90. The van der Waals surface area contributed by atoms with Gasteiger partial charge in [0.15, 0.2) is 0 Å². The fraction of sp³-hybridized carbons (Fsp3) is 0.462. The van der Waals surface area contributed by atoms with Crippen LogP contribution in [0.4, 0.5) is 0 Å². The second-order valence-electron chi connectivity index (χ2n) is 4.51. The second kappa shape index (κ2) is 5.19. The number of carbonyl (C=O) groups is 1. The third-order valence-electron chi connectivity index (χ3n) is 3.27. The fourth-order valence-corrected chi connectivity index (χ4v) is 1.81. The number of ether oxygens (including phenoxy) is 1. The van der Waals surface area contributed by atoms with Crippen molar-refractivity contribution in [2.75, 3.05) is 7.11 Å². The van der Waals surface area contributed by atoms with Gasteiger partial charge in [0.05, 0.1) is 13.5 Å². The molecule has 0 aliphatic carbocycles. The van der Waals surface area contributed by atoms with Crippen LogP contribution >= 0.6 is 0 Å². The van der Waals surface area contributed by atoms with Crippen molar-refractivity contribution in [2.24, 2.45) is 5.73 Å². The monoisotopic (exact) mass is 237 g/mol. The summed E-state index contributed by atoms with van der Waals surface area (Å²) >= 11 is 0. The zero-order valence-corrected chi connectivity index (χ0v) is 10.4. The maximum absolute atomic E-state index is 10.9. The summed E-state index contributed by atoms with van der Waals surface area (Å²) in [5, 5.41) is 8.98. The number of hydrogen-bond donors (Lipinski definition) is 2. The lowest BCUT2D eigenvalue weighted by Gasteiger charge is -2.32. The Kier molecular flexibility index (Phi) is 4.12. The molecule has 0 fully saturated rings. The zero-order chi connectivity index (χ0) is 13.1. The summed E-state index contributed by atoms with van der Waals surface area (Å²) < 4.78 is 5.08. The van der Waals surface area contributed by atoms with Gasteiger partial charge in [-0.05, 0) is 24.6 Å². The Morgan fingerprint density at radius 1 is 1.47 bits per heavy atom. The Morgan fingerprint density at radius 3 is 2.35 bits per heavy atom. The minimum atomic E-state index is -0.847. The quantitative estimate of drug-likeness (QED) is 0.818. The molecule has 0 spiro atoms. The fourth-order valence-electron chi connectivity index (χ4n) is 1.81. The van der Waals surface area contributed by atoms with Gasteiger partial charge < -0.3 is 15.6 Å². The first-order valence-electron chi connectivity index (χ1n) is 5.52. The molecule has 0 aliphatic heterocycles. The van der Waals surface area contributed by atoms with Gasteiger partial charge in [-0.15, -0.1) is 0 Å². The van der Waals surface area contributed by atoms with E-state index in [9.17, 15) is 4.79 Å². The molecule has 4 heteroatoms. The molecule has 0 heterocycles. The summed E-state index contributed by atoms with van der Waals surface area (Å²) in [5.41, 5.74) is 6.27. The SMILES string of the molecule is COc1ccc(C(C)(CC(=O)O)C(C)N)cc1. The van der Waals surface area contributed by atoms with Crippen molar-refractivity contribution < 1.29 is 14.6 Å². The third kappa shape index (κ3) is 2.97. The summed E-state index contributed by atoms with van der Waals surface area (Å²) in [6, 6.07) is 7.12. The summed E-state index contributed by atoms with van der Waals surface area (Å²) in [7, 11) is 1.59. The number of aliphatic carboxylic acids is 1. The molecule has 0 bridgehead atoms. The van der Waals surface area contributed by atoms with E-state index in [2.05, 4.69) is 0 Å². The smallest absolute Gasteiger partial charge is 0.304 e. The van der Waals surface area contributed by atoms with Crippen LogP contribution in [0.1, 0.15) is 25.8 Å². The Bertz CT molecular complexity index is 386. The highest BCUT2D eigenvalue weighted by molar-refractivity contribution is 5.69. The van der Waals surface area contributed by atoms with Crippen molar-refractivity contribution in [2.45, 2.75) is 31.7 Å². The summed E-state index contributed by atoms with van der Waals surface area (Å²) in [6.45, 7) is 3.70. The number of benzene rings is 1. The molecule has 1 aromatic rings. The highest BCUT2D eigenvalue weighted by Crippen LogP contribution is 2.31. The van der Waals surface area contributed by atoms with E-state index < -0.39 is 11.4 Å². The van der Waals surface area contributed by atoms with Crippen LogP contribution in [0.15, 0.2) is 24.3 Å². The van der Waals surface area contributed by atoms with Crippen molar-refractivity contribution >= 4 is 5.97 Å². The molecular weight excluding hydrogens is 218 g/mol. The van der Waals surface area contributed by atoms with Crippen molar-refractivity contribution in [3.8, 4) is 5.75 Å². The summed E-state index contributed by atoms with van der Waals surface area (Å²) in [5.74, 6) is -0.100. The molecule has 2 unspecified atom stereocenters. The van der Waals surface area contributed by atoms with Gasteiger partial charge in [-0.1, -0.05) is 19.1 Å². The normalized spacial score (nSPS) is 16.0. The molecule has 2 atom stereocenters. The van der Waals surface area contributed by atoms with Crippen LogP contribution in [0.2, 0.25) is 0 Å². The Morgan fingerprint density at radius 2 is 2.00 bits per heavy atom. The van der Waals surface area contributed by atoms with Gasteiger partial charge in [0.2, 0.25) is 0 Å². The highest BCUT2D eigenvalue weighted by Gasteiger charge is 2.33. The average Bonchev–Trinajstić information content (AvgIpc) is 2.28. The average molecular weight is 237 g/mol. The van der Waals surface area contributed by atoms with Crippen LogP contribution in [0.3, 0.4) is 0 Å². The molecule has 0 radical (unpaired) electrons. The van der Waals surface area contributed by atoms with Gasteiger partial charge in [-0.2, -0.15) is 0 Å². The Balaban J connectivity index is 3.08. The van der Waals surface area contributed by atoms with Crippen LogP contribution in [0, 0.1) is 0 Å². The molecule has 1 rings (SSSR count). The third-order valence-corrected chi connectivity index (χ3v) is 3.27. The lowest BCUT2D eigenvalue weighted by molar-refractivity contribution is -0.138. The molecule has 0 saturated heterocycles. The first-order valence-corrected chi connectivity index (χ1v) is 5.52. The number of nitrogens with two attached hydrogens (primary N) is 1. The number of rotatable bonds is 5. The van der Waals surface area contributed by atoms with Crippen LogP contribution in [-0.2, 0) is 10.2 Å². The van der Waals surface area contributed by atoms with Gasteiger partial charge in [0.25, 0.3) is 0 Å². The van der Waals surface area contributed by atoms with Crippen molar-refractivity contribution in [1.29, 1.82) is 0 Å². The van der Waals surface area contributed by atoms with E-state index in [1.54, 1.807) is 7.11 Å². The number of carboxylic acids is 1. The van der Waals surface area contributed by atoms with Crippen molar-refractivity contribution in [3.05, 3.63) is 29.8 Å².